The lowest BCUT2D eigenvalue weighted by Gasteiger charge is -2.40. The van der Waals surface area contributed by atoms with Gasteiger partial charge in [0.2, 0.25) is 17.6 Å². The number of rotatable bonds is 7. The van der Waals surface area contributed by atoms with E-state index in [0.717, 1.165) is 0 Å². The van der Waals surface area contributed by atoms with Crippen LogP contribution in [0, 0.1) is 5.41 Å². The third-order valence-corrected chi connectivity index (χ3v) is 4.65. The van der Waals surface area contributed by atoms with Crippen molar-refractivity contribution in [1.82, 2.24) is 5.32 Å². The highest BCUT2D eigenvalue weighted by molar-refractivity contribution is 7.85. The maximum absolute atomic E-state index is 12.2. The first kappa shape index (κ1) is 21.4. The number of carbonyl (C=O) groups is 3. The Labute approximate surface area is 147 Å². The molecule has 144 valence electrons. The Morgan fingerprint density at radius 2 is 1.92 bits per heavy atom. The predicted octanol–water partition coefficient (Wildman–Crippen LogP) is 0.433. The molecule has 0 aliphatic carbocycles. The van der Waals surface area contributed by atoms with Gasteiger partial charge in [-0.2, -0.15) is 8.42 Å². The third-order valence-electron chi connectivity index (χ3n) is 3.90. The van der Waals surface area contributed by atoms with Crippen LogP contribution < -0.4 is 5.32 Å². The summed E-state index contributed by atoms with van der Waals surface area (Å²) in [5, 5.41) is 2.58. The SMILES string of the molecule is CC(=O)NC(CCS(=O)(=O)O)CC(C)(C)[C@H]1OC(=O)C(C)(C)OC1=O. The molecule has 9 nitrogen and oxygen atoms in total. The van der Waals surface area contributed by atoms with Crippen LogP contribution in [0.1, 0.15) is 47.5 Å². The standard InChI is InChI=1S/C15H25NO8S/c1-9(17)16-10(6-7-25(20,21)22)8-14(2,3)11-12(18)24-15(4,5)13(19)23-11/h10-11H,6-8H2,1-5H3,(H,16,17)(H,20,21,22)/t10?,11-/m0/s1. The number of hydrogen-bond donors (Lipinski definition) is 2. The molecule has 1 rings (SSSR count). The number of esters is 2. The lowest BCUT2D eigenvalue weighted by Crippen LogP contribution is -2.55. The molecule has 0 aromatic rings. The Balaban J connectivity index is 2.91. The molecular formula is C15H25NO8S. The van der Waals surface area contributed by atoms with E-state index in [1.54, 1.807) is 13.8 Å². The molecule has 1 fully saturated rings. The second-order valence-electron chi connectivity index (χ2n) is 7.38. The van der Waals surface area contributed by atoms with E-state index < -0.39 is 51.0 Å². The highest BCUT2D eigenvalue weighted by Crippen LogP contribution is 2.35. The van der Waals surface area contributed by atoms with E-state index in [0.29, 0.717) is 0 Å². The maximum Gasteiger partial charge on any atom is 0.350 e. The minimum atomic E-state index is -4.20. The highest BCUT2D eigenvalue weighted by atomic mass is 32.2. The van der Waals surface area contributed by atoms with Crippen LogP contribution in [-0.4, -0.2) is 54.3 Å². The Kier molecular flexibility index (Phi) is 6.22. The molecule has 2 N–H and O–H groups in total. The first-order chi connectivity index (χ1) is 11.1. The van der Waals surface area contributed by atoms with Gasteiger partial charge in [-0.15, -0.1) is 0 Å². The Morgan fingerprint density at radius 3 is 2.40 bits per heavy atom. The number of nitrogens with one attached hydrogen (secondary N) is 1. The lowest BCUT2D eigenvalue weighted by molar-refractivity contribution is -0.215. The minimum absolute atomic E-state index is 0.0525. The van der Waals surface area contributed by atoms with Crippen molar-refractivity contribution in [3.8, 4) is 0 Å². The Hall–Kier alpha value is -1.68. The van der Waals surface area contributed by atoms with Gasteiger partial charge < -0.3 is 14.8 Å². The van der Waals surface area contributed by atoms with Gasteiger partial charge >= 0.3 is 11.9 Å². The summed E-state index contributed by atoms with van der Waals surface area (Å²) in [4.78, 5) is 35.5. The zero-order valence-electron chi connectivity index (χ0n) is 15.0. The third kappa shape index (κ3) is 6.28. The summed E-state index contributed by atoms with van der Waals surface area (Å²) in [6.07, 6.45) is -1.10. The van der Waals surface area contributed by atoms with Crippen molar-refractivity contribution in [1.29, 1.82) is 0 Å². The second kappa shape index (κ2) is 7.28. The summed E-state index contributed by atoms with van der Waals surface area (Å²) in [5.41, 5.74) is -2.30. The molecule has 25 heavy (non-hydrogen) atoms. The number of hydrogen-bond acceptors (Lipinski definition) is 7. The van der Waals surface area contributed by atoms with Gasteiger partial charge in [-0.25, -0.2) is 9.59 Å². The summed E-state index contributed by atoms with van der Waals surface area (Å²) in [6.45, 7) is 7.40. The van der Waals surface area contributed by atoms with Gasteiger partial charge in [-0.1, -0.05) is 13.8 Å². The topological polar surface area (TPSA) is 136 Å². The molecule has 0 aromatic heterocycles. The highest BCUT2D eigenvalue weighted by Gasteiger charge is 2.50. The maximum atomic E-state index is 12.2. The van der Waals surface area contributed by atoms with Crippen LogP contribution in [0.25, 0.3) is 0 Å². The molecule has 0 bridgehead atoms. The van der Waals surface area contributed by atoms with E-state index in [4.69, 9.17) is 14.0 Å². The number of ether oxygens (including phenoxy) is 2. The van der Waals surface area contributed by atoms with Gasteiger partial charge in [-0.05, 0) is 26.7 Å². The smallest absolute Gasteiger partial charge is 0.350 e. The summed E-state index contributed by atoms with van der Waals surface area (Å²) < 4.78 is 41.2. The first-order valence-corrected chi connectivity index (χ1v) is 9.41. The van der Waals surface area contributed by atoms with Crippen LogP contribution in [0.3, 0.4) is 0 Å². The fourth-order valence-electron chi connectivity index (χ4n) is 2.67. The zero-order valence-corrected chi connectivity index (χ0v) is 15.8. The van der Waals surface area contributed by atoms with E-state index in [-0.39, 0.29) is 18.7 Å². The average Bonchev–Trinajstić information content (AvgIpc) is 2.37. The Bertz CT molecular complexity index is 652. The second-order valence-corrected chi connectivity index (χ2v) is 8.95. The van der Waals surface area contributed by atoms with Crippen molar-refractivity contribution >= 4 is 28.0 Å². The van der Waals surface area contributed by atoms with Gasteiger partial charge in [0, 0.05) is 18.4 Å². The molecule has 0 spiro atoms. The van der Waals surface area contributed by atoms with E-state index in [1.807, 2.05) is 0 Å². The van der Waals surface area contributed by atoms with E-state index in [9.17, 15) is 22.8 Å². The molecule has 1 heterocycles. The van der Waals surface area contributed by atoms with Gasteiger partial charge in [0.1, 0.15) is 0 Å². The van der Waals surface area contributed by atoms with E-state index in [2.05, 4.69) is 5.32 Å². The van der Waals surface area contributed by atoms with Crippen molar-refractivity contribution in [3.05, 3.63) is 0 Å². The van der Waals surface area contributed by atoms with Crippen LogP contribution in [0.5, 0.6) is 0 Å². The van der Waals surface area contributed by atoms with E-state index in [1.165, 1.54) is 20.8 Å². The van der Waals surface area contributed by atoms with Gasteiger partial charge in [0.25, 0.3) is 10.1 Å². The molecule has 1 unspecified atom stereocenters. The van der Waals surface area contributed by atoms with Crippen molar-refractivity contribution in [3.63, 3.8) is 0 Å². The van der Waals surface area contributed by atoms with Crippen molar-refractivity contribution in [2.45, 2.75) is 65.2 Å². The van der Waals surface area contributed by atoms with Crippen molar-refractivity contribution in [2.24, 2.45) is 5.41 Å². The van der Waals surface area contributed by atoms with E-state index >= 15 is 0 Å². The molecular weight excluding hydrogens is 354 g/mol. The summed E-state index contributed by atoms with van der Waals surface area (Å²) in [5.74, 6) is -2.32. The summed E-state index contributed by atoms with van der Waals surface area (Å²) >= 11 is 0. The quantitative estimate of drug-likeness (QED) is 0.480. The monoisotopic (exact) mass is 379 g/mol. The summed E-state index contributed by atoms with van der Waals surface area (Å²) in [6, 6.07) is -0.643. The van der Waals surface area contributed by atoms with Crippen LogP contribution in [0.4, 0.5) is 0 Å². The lowest BCUT2D eigenvalue weighted by atomic mass is 9.79. The predicted molar refractivity (Wildman–Crippen MR) is 87.1 cm³/mol. The molecule has 1 aliphatic rings. The molecule has 0 saturated carbocycles. The van der Waals surface area contributed by atoms with Crippen LogP contribution in [0.15, 0.2) is 0 Å². The Morgan fingerprint density at radius 1 is 1.36 bits per heavy atom. The fraction of sp³-hybridized carbons (Fsp3) is 0.800. The number of carbonyl (C=O) groups excluding carboxylic acids is 3. The minimum Gasteiger partial charge on any atom is -0.447 e. The number of cyclic esters (lactones) is 2. The molecule has 0 radical (unpaired) electrons. The van der Waals surface area contributed by atoms with Crippen LogP contribution in [-0.2, 0) is 34.0 Å². The normalized spacial score (nSPS) is 21.9. The molecule has 0 aromatic carbocycles. The van der Waals surface area contributed by atoms with Crippen LogP contribution in [0.2, 0.25) is 0 Å². The molecule has 10 heteroatoms. The van der Waals surface area contributed by atoms with Gasteiger partial charge in [0.05, 0.1) is 5.75 Å². The molecule has 1 amide bonds. The largest absolute Gasteiger partial charge is 0.447 e. The van der Waals surface area contributed by atoms with Crippen molar-refractivity contribution < 1.29 is 36.8 Å². The van der Waals surface area contributed by atoms with Crippen molar-refractivity contribution in [2.75, 3.05) is 5.75 Å². The number of amides is 1. The average molecular weight is 379 g/mol. The molecule has 1 aliphatic heterocycles. The van der Waals surface area contributed by atoms with Gasteiger partial charge in [-0.3, -0.25) is 9.35 Å². The van der Waals surface area contributed by atoms with Crippen LogP contribution >= 0.6 is 0 Å². The van der Waals surface area contributed by atoms with Gasteiger partial charge in [0.15, 0.2) is 0 Å². The first-order valence-electron chi connectivity index (χ1n) is 7.80. The zero-order chi connectivity index (χ0) is 19.6. The molecule has 1 saturated heterocycles. The fourth-order valence-corrected chi connectivity index (χ4v) is 3.25. The summed E-state index contributed by atoms with van der Waals surface area (Å²) in [7, 11) is -4.20. The molecule has 2 atom stereocenters.